The Kier molecular flexibility index (Phi) is 4.45. The van der Waals surface area contributed by atoms with E-state index in [1.165, 1.54) is 0 Å². The topological polar surface area (TPSA) is 55.5 Å². The van der Waals surface area contributed by atoms with E-state index in [2.05, 4.69) is 0 Å². The third kappa shape index (κ3) is 3.14. The highest BCUT2D eigenvalue weighted by molar-refractivity contribution is 5.31. The van der Waals surface area contributed by atoms with E-state index in [9.17, 15) is 8.78 Å². The lowest BCUT2D eigenvalue weighted by Gasteiger charge is -2.08. The molecule has 0 aliphatic heterocycles. The second-order valence-corrected chi connectivity index (χ2v) is 3.02. The van der Waals surface area contributed by atoms with Crippen molar-refractivity contribution in [3.63, 3.8) is 0 Å². The van der Waals surface area contributed by atoms with Crippen LogP contribution in [0.1, 0.15) is 12.0 Å². The number of halogens is 2. The molecule has 5 heteroatoms. The predicted molar refractivity (Wildman–Crippen MR) is 51.4 cm³/mol. The van der Waals surface area contributed by atoms with Crippen molar-refractivity contribution in [3.05, 3.63) is 29.3 Å². The summed E-state index contributed by atoms with van der Waals surface area (Å²) in [7, 11) is 0. The fourth-order valence-electron chi connectivity index (χ4n) is 1.11. The Morgan fingerprint density at radius 1 is 1.27 bits per heavy atom. The van der Waals surface area contributed by atoms with Gasteiger partial charge in [0, 0.05) is 19.6 Å². The Bertz CT molecular complexity index is 308. The van der Waals surface area contributed by atoms with Crippen LogP contribution in [-0.4, -0.2) is 18.3 Å². The van der Waals surface area contributed by atoms with Gasteiger partial charge in [0.25, 0.3) is 0 Å². The van der Waals surface area contributed by atoms with Crippen molar-refractivity contribution in [1.29, 1.82) is 0 Å². The Labute approximate surface area is 86.5 Å². The number of benzene rings is 1. The van der Waals surface area contributed by atoms with Crippen LogP contribution in [0.3, 0.4) is 0 Å². The summed E-state index contributed by atoms with van der Waals surface area (Å²) >= 11 is 0. The molecule has 1 rings (SSSR count). The molecule has 0 saturated heterocycles. The molecule has 0 saturated carbocycles. The molecule has 0 unspecified atom stereocenters. The Balaban J connectivity index is 2.79. The number of aliphatic hydroxyl groups excluding tert-OH is 1. The fraction of sp³-hybridized carbons (Fsp3) is 0.400. The first-order chi connectivity index (χ1) is 7.19. The summed E-state index contributed by atoms with van der Waals surface area (Å²) in [6.07, 6.45) is 0.331. The van der Waals surface area contributed by atoms with Gasteiger partial charge in [-0.25, -0.2) is 8.78 Å². The third-order valence-corrected chi connectivity index (χ3v) is 1.84. The van der Waals surface area contributed by atoms with Crippen LogP contribution in [0.25, 0.3) is 0 Å². The van der Waals surface area contributed by atoms with Crippen molar-refractivity contribution in [2.24, 2.45) is 5.73 Å². The molecule has 84 valence electrons. The zero-order valence-corrected chi connectivity index (χ0v) is 8.17. The molecule has 0 aliphatic rings. The number of rotatable bonds is 5. The minimum atomic E-state index is -0.770. The van der Waals surface area contributed by atoms with E-state index in [0.717, 1.165) is 12.1 Å². The van der Waals surface area contributed by atoms with Crippen LogP contribution in [0, 0.1) is 11.6 Å². The van der Waals surface area contributed by atoms with Gasteiger partial charge in [-0.15, -0.1) is 0 Å². The molecule has 0 fully saturated rings. The van der Waals surface area contributed by atoms with Crippen molar-refractivity contribution in [2.75, 3.05) is 13.2 Å². The van der Waals surface area contributed by atoms with Crippen molar-refractivity contribution in [3.8, 4) is 5.75 Å². The van der Waals surface area contributed by atoms with Gasteiger partial charge in [-0.1, -0.05) is 0 Å². The van der Waals surface area contributed by atoms with Crippen LogP contribution in [0.4, 0.5) is 8.78 Å². The lowest BCUT2D eigenvalue weighted by Crippen LogP contribution is -2.05. The second kappa shape index (κ2) is 5.63. The summed E-state index contributed by atoms with van der Waals surface area (Å²) in [5.41, 5.74) is 5.63. The van der Waals surface area contributed by atoms with Crippen molar-refractivity contribution in [2.45, 2.75) is 13.0 Å². The monoisotopic (exact) mass is 217 g/mol. The first-order valence-electron chi connectivity index (χ1n) is 4.60. The zero-order valence-electron chi connectivity index (χ0n) is 8.17. The minimum Gasteiger partial charge on any atom is -0.488 e. The molecule has 1 aromatic rings. The highest BCUT2D eigenvalue weighted by Gasteiger charge is 2.11. The maximum absolute atomic E-state index is 13.2. The molecule has 0 aliphatic carbocycles. The number of aliphatic hydroxyl groups is 1. The van der Waals surface area contributed by atoms with Crippen LogP contribution >= 0.6 is 0 Å². The quantitative estimate of drug-likeness (QED) is 0.728. The van der Waals surface area contributed by atoms with E-state index >= 15 is 0 Å². The second-order valence-electron chi connectivity index (χ2n) is 3.02. The molecule has 0 bridgehead atoms. The summed E-state index contributed by atoms with van der Waals surface area (Å²) in [4.78, 5) is 0. The van der Waals surface area contributed by atoms with Gasteiger partial charge in [0.15, 0.2) is 17.4 Å². The van der Waals surface area contributed by atoms with Gasteiger partial charge in [-0.2, -0.15) is 0 Å². The average Bonchev–Trinajstić information content (AvgIpc) is 2.22. The van der Waals surface area contributed by atoms with E-state index in [4.69, 9.17) is 15.6 Å². The van der Waals surface area contributed by atoms with E-state index in [1.54, 1.807) is 0 Å². The minimum absolute atomic E-state index is 0.0742. The molecule has 15 heavy (non-hydrogen) atoms. The van der Waals surface area contributed by atoms with Gasteiger partial charge >= 0.3 is 0 Å². The predicted octanol–water partition coefficient (Wildman–Crippen LogP) is 1.18. The van der Waals surface area contributed by atoms with Gasteiger partial charge in [-0.3, -0.25) is 0 Å². The maximum Gasteiger partial charge on any atom is 0.190 e. The normalized spacial score (nSPS) is 10.4. The largest absolute Gasteiger partial charge is 0.488 e. The first-order valence-corrected chi connectivity index (χ1v) is 4.60. The number of hydrogen-bond donors (Lipinski definition) is 2. The van der Waals surface area contributed by atoms with Gasteiger partial charge in [0.2, 0.25) is 0 Å². The summed E-state index contributed by atoms with van der Waals surface area (Å²) in [6.45, 7) is 0.0706. The SMILES string of the molecule is NCc1cc(F)c(OCCCO)c(F)c1. The molecule has 0 amide bonds. The fourth-order valence-corrected chi connectivity index (χ4v) is 1.11. The van der Waals surface area contributed by atoms with E-state index < -0.39 is 17.4 Å². The third-order valence-electron chi connectivity index (χ3n) is 1.84. The van der Waals surface area contributed by atoms with Crippen molar-refractivity contribution in [1.82, 2.24) is 0 Å². The lowest BCUT2D eigenvalue weighted by atomic mass is 10.2. The van der Waals surface area contributed by atoms with Gasteiger partial charge in [0.05, 0.1) is 6.61 Å². The molecule has 0 spiro atoms. The molecule has 0 aromatic heterocycles. The molecule has 0 heterocycles. The highest BCUT2D eigenvalue weighted by Crippen LogP contribution is 2.23. The number of ether oxygens (including phenoxy) is 1. The van der Waals surface area contributed by atoms with Gasteiger partial charge in [-0.05, 0) is 17.7 Å². The summed E-state index contributed by atoms with van der Waals surface area (Å²) < 4.78 is 31.3. The standard InChI is InChI=1S/C10H13F2NO2/c11-8-4-7(6-13)5-9(12)10(8)15-3-1-2-14/h4-5,14H,1-3,6,13H2. The van der Waals surface area contributed by atoms with Gasteiger partial charge in [0.1, 0.15) is 0 Å². The van der Waals surface area contributed by atoms with Crippen LogP contribution < -0.4 is 10.5 Å². The molecular formula is C10H13F2NO2. The first kappa shape index (κ1) is 11.9. The molecule has 3 nitrogen and oxygen atoms in total. The number of hydrogen-bond acceptors (Lipinski definition) is 3. The van der Waals surface area contributed by atoms with Crippen LogP contribution in [0.2, 0.25) is 0 Å². The van der Waals surface area contributed by atoms with Crippen molar-refractivity contribution < 1.29 is 18.6 Å². The van der Waals surface area contributed by atoms with Crippen molar-refractivity contribution >= 4 is 0 Å². The van der Waals surface area contributed by atoms with Crippen LogP contribution in [-0.2, 0) is 6.54 Å². The maximum atomic E-state index is 13.2. The van der Waals surface area contributed by atoms with Crippen LogP contribution in [0.5, 0.6) is 5.75 Å². The Morgan fingerprint density at radius 3 is 2.33 bits per heavy atom. The average molecular weight is 217 g/mol. The summed E-state index contributed by atoms with van der Waals surface area (Å²) in [5.74, 6) is -1.96. The van der Waals surface area contributed by atoms with Gasteiger partial charge < -0.3 is 15.6 Å². The zero-order chi connectivity index (χ0) is 11.3. The Hall–Kier alpha value is -1.20. The number of nitrogens with two attached hydrogens (primary N) is 1. The molecule has 1 aromatic carbocycles. The molecular weight excluding hydrogens is 204 g/mol. The van der Waals surface area contributed by atoms with Crippen LogP contribution in [0.15, 0.2) is 12.1 Å². The lowest BCUT2D eigenvalue weighted by molar-refractivity contribution is 0.222. The smallest absolute Gasteiger partial charge is 0.190 e. The van der Waals surface area contributed by atoms with E-state index in [0.29, 0.717) is 12.0 Å². The molecule has 3 N–H and O–H groups in total. The summed E-state index contributed by atoms with van der Waals surface area (Å²) in [5, 5.41) is 8.48. The Morgan fingerprint density at radius 2 is 1.87 bits per heavy atom. The van der Waals surface area contributed by atoms with E-state index in [1.807, 2.05) is 0 Å². The highest BCUT2D eigenvalue weighted by atomic mass is 19.1. The summed E-state index contributed by atoms with van der Waals surface area (Å²) in [6, 6.07) is 2.27. The molecule has 0 radical (unpaired) electrons. The van der Waals surface area contributed by atoms with E-state index in [-0.39, 0.29) is 19.8 Å². The molecule has 0 atom stereocenters.